The molecule has 2 atom stereocenters. The van der Waals surface area contributed by atoms with E-state index >= 15 is 0 Å². The third kappa shape index (κ3) is 4.22. The first-order chi connectivity index (χ1) is 16.3. The summed E-state index contributed by atoms with van der Waals surface area (Å²) in [5, 5.41) is 1.63. The number of pyridine rings is 3. The maximum absolute atomic E-state index is 12.2. The molecule has 0 aromatic carbocycles. The number of nitrogens with zero attached hydrogens (tertiary/aromatic N) is 3. The quantitative estimate of drug-likeness (QED) is 0.525. The van der Waals surface area contributed by atoms with Crippen molar-refractivity contribution in [2.75, 3.05) is 6.54 Å². The number of aryl methyl sites for hydroxylation is 1. The minimum atomic E-state index is -1.29. The zero-order valence-electron chi connectivity index (χ0n) is 19.2. The smallest absolute Gasteiger partial charge is 0.270 e. The van der Waals surface area contributed by atoms with Crippen molar-refractivity contribution in [2.24, 2.45) is 0 Å². The minimum Gasteiger partial charge on any atom is -0.486 e. The molecule has 0 bridgehead atoms. The molecule has 0 unspecified atom stereocenters. The first-order valence-corrected chi connectivity index (χ1v) is 11.6. The molecule has 1 saturated carbocycles. The van der Waals surface area contributed by atoms with E-state index in [1.807, 2.05) is 18.7 Å². The lowest BCUT2D eigenvalue weighted by Gasteiger charge is -2.55. The van der Waals surface area contributed by atoms with Gasteiger partial charge >= 0.3 is 0 Å². The number of likely N-dealkylation sites (tertiary alicyclic amines) is 1. The topological polar surface area (TPSA) is 100 Å². The summed E-state index contributed by atoms with van der Waals surface area (Å²) in [4.78, 5) is 37.8. The Balaban J connectivity index is 1.25. The predicted molar refractivity (Wildman–Crippen MR) is 130 cm³/mol. The van der Waals surface area contributed by atoms with E-state index in [2.05, 4.69) is 20.3 Å². The van der Waals surface area contributed by atoms with Crippen molar-refractivity contribution in [3.8, 4) is 5.75 Å². The zero-order chi connectivity index (χ0) is 24.0. The maximum Gasteiger partial charge on any atom is 0.270 e. The minimum absolute atomic E-state index is 0.0787. The Morgan fingerprint density at radius 3 is 2.71 bits per heavy atom. The number of aromatic nitrogens is 3. The normalized spacial score (nSPS) is 20.6. The van der Waals surface area contributed by atoms with Gasteiger partial charge in [0.05, 0.1) is 32.9 Å². The van der Waals surface area contributed by atoms with Gasteiger partial charge in [-0.25, -0.2) is 4.98 Å². The van der Waals surface area contributed by atoms with Gasteiger partial charge < -0.3 is 19.9 Å². The van der Waals surface area contributed by atoms with Crippen LogP contribution >= 0.6 is 0 Å². The van der Waals surface area contributed by atoms with Crippen LogP contribution in [0.5, 0.6) is 5.75 Å². The van der Waals surface area contributed by atoms with Gasteiger partial charge in [-0.3, -0.25) is 14.6 Å². The molecule has 3 aromatic rings. The highest BCUT2D eigenvalue weighted by molar-refractivity contribution is 6.39. The molecule has 1 aliphatic carbocycles. The lowest BCUT2D eigenvalue weighted by molar-refractivity contribution is -0.0568. The Hall–Kier alpha value is -3.13. The molecule has 3 aromatic heterocycles. The Labute approximate surface area is 200 Å². The summed E-state index contributed by atoms with van der Waals surface area (Å²) < 4.78 is 6.05. The highest BCUT2D eigenvalue weighted by Crippen LogP contribution is 2.34. The van der Waals surface area contributed by atoms with Crippen LogP contribution in [-0.4, -0.2) is 66.2 Å². The number of amides is 1. The third-order valence-corrected chi connectivity index (χ3v) is 6.66. The standard InChI is InChI=1S/C24H25B2N5O3/c1-3-14-8-19-20(30-22(14)32)9-15(10-27-19)24(25,26)31-12-21(13(31)2)34-17-6-7-18(28-11-17)23(33)29-16-4-5-16/h6-11,13,16,21H,3-5,12H2,1-2H3,(H,29,33)(H,30,32)/t13-,21+/m1/s1. The third-order valence-electron chi connectivity index (χ3n) is 6.66. The highest BCUT2D eigenvalue weighted by Gasteiger charge is 2.45. The van der Waals surface area contributed by atoms with Crippen LogP contribution in [0.4, 0.5) is 0 Å². The van der Waals surface area contributed by atoms with Crippen molar-refractivity contribution < 1.29 is 9.53 Å². The largest absolute Gasteiger partial charge is 0.486 e. The fraction of sp³-hybridized carbons (Fsp3) is 0.417. The van der Waals surface area contributed by atoms with Gasteiger partial charge in [0.25, 0.3) is 11.5 Å². The fourth-order valence-corrected chi connectivity index (χ4v) is 4.22. The SMILES string of the molecule is [B]C([B])(c1cnc2cc(CC)c(=O)[nH]c2c1)N1C[C@H](Oc2ccc(C(=O)NC3CC3)nc2)[C@H]1C. The molecular formula is C24H25B2N5O3. The van der Waals surface area contributed by atoms with E-state index in [0.29, 0.717) is 46.6 Å². The van der Waals surface area contributed by atoms with E-state index < -0.39 is 5.34 Å². The van der Waals surface area contributed by atoms with Gasteiger partial charge in [0, 0.05) is 30.4 Å². The van der Waals surface area contributed by atoms with Crippen molar-refractivity contribution in [3.05, 3.63) is 63.8 Å². The summed E-state index contributed by atoms with van der Waals surface area (Å²) in [5.74, 6) is 0.417. The molecule has 1 aliphatic heterocycles. The maximum atomic E-state index is 12.2. The lowest BCUT2D eigenvalue weighted by atomic mass is 9.55. The van der Waals surface area contributed by atoms with Gasteiger partial charge in [-0.2, -0.15) is 0 Å². The number of fused-ring (bicyclic) bond motifs is 1. The van der Waals surface area contributed by atoms with Crippen LogP contribution < -0.4 is 15.6 Å². The van der Waals surface area contributed by atoms with Crippen molar-refractivity contribution in [1.29, 1.82) is 0 Å². The summed E-state index contributed by atoms with van der Waals surface area (Å²) in [7, 11) is 13.1. The van der Waals surface area contributed by atoms with Crippen LogP contribution in [0.25, 0.3) is 11.0 Å². The second-order valence-electron chi connectivity index (χ2n) is 9.14. The first kappa shape index (κ1) is 22.7. The van der Waals surface area contributed by atoms with Crippen LogP contribution in [0.15, 0.2) is 41.5 Å². The van der Waals surface area contributed by atoms with Crippen molar-refractivity contribution >= 4 is 32.6 Å². The zero-order valence-corrected chi connectivity index (χ0v) is 19.2. The van der Waals surface area contributed by atoms with Crippen LogP contribution in [0, 0.1) is 0 Å². The molecule has 10 heteroatoms. The molecule has 1 amide bonds. The Morgan fingerprint density at radius 1 is 1.26 bits per heavy atom. The van der Waals surface area contributed by atoms with Gasteiger partial charge in [0.2, 0.25) is 0 Å². The van der Waals surface area contributed by atoms with E-state index in [9.17, 15) is 9.59 Å². The summed E-state index contributed by atoms with van der Waals surface area (Å²) in [6.45, 7) is 4.41. The first-order valence-electron chi connectivity index (χ1n) is 11.6. The molecule has 1 saturated heterocycles. The van der Waals surface area contributed by atoms with Gasteiger partial charge in [-0.1, -0.05) is 6.92 Å². The van der Waals surface area contributed by atoms with Crippen molar-refractivity contribution in [1.82, 2.24) is 25.2 Å². The molecule has 4 radical (unpaired) electrons. The summed E-state index contributed by atoms with van der Waals surface area (Å²) in [6.07, 6.45) is 5.75. The van der Waals surface area contributed by atoms with Crippen LogP contribution in [0.2, 0.25) is 0 Å². The number of ether oxygens (including phenoxy) is 1. The Kier molecular flexibility index (Phi) is 5.72. The molecule has 5 rings (SSSR count). The van der Waals surface area contributed by atoms with Gasteiger partial charge in [0.1, 0.15) is 17.5 Å². The average Bonchev–Trinajstić information content (AvgIpc) is 3.64. The number of hydrogen-bond donors (Lipinski definition) is 2. The Bertz CT molecular complexity index is 1290. The van der Waals surface area contributed by atoms with Gasteiger partial charge in [0.15, 0.2) is 0 Å². The van der Waals surface area contributed by atoms with Crippen molar-refractivity contribution in [2.45, 2.75) is 56.6 Å². The number of hydrogen-bond acceptors (Lipinski definition) is 6. The molecular weight excluding hydrogens is 428 g/mol. The van der Waals surface area contributed by atoms with E-state index in [1.165, 1.54) is 0 Å². The van der Waals surface area contributed by atoms with Gasteiger partial charge in [-0.15, -0.1) is 0 Å². The molecule has 4 heterocycles. The number of aromatic amines is 1. The van der Waals surface area contributed by atoms with Crippen LogP contribution in [-0.2, 0) is 11.8 Å². The summed E-state index contributed by atoms with van der Waals surface area (Å²) >= 11 is 0. The second kappa shape index (κ2) is 8.58. The number of carbonyl (C=O) groups is 1. The molecule has 2 aliphatic rings. The van der Waals surface area contributed by atoms with E-state index in [-0.39, 0.29) is 29.7 Å². The second-order valence-corrected chi connectivity index (χ2v) is 9.14. The molecule has 170 valence electrons. The Morgan fingerprint density at radius 2 is 2.06 bits per heavy atom. The van der Waals surface area contributed by atoms with Crippen LogP contribution in [0.1, 0.15) is 48.3 Å². The van der Waals surface area contributed by atoms with Gasteiger partial charge in [-0.05, 0) is 61.4 Å². The van der Waals surface area contributed by atoms with E-state index in [1.54, 1.807) is 36.7 Å². The number of H-pyrrole nitrogens is 1. The summed E-state index contributed by atoms with van der Waals surface area (Å²) in [5.41, 5.74) is 2.80. The van der Waals surface area contributed by atoms with Crippen LogP contribution in [0.3, 0.4) is 0 Å². The summed E-state index contributed by atoms with van der Waals surface area (Å²) in [6, 6.07) is 7.18. The molecule has 0 spiro atoms. The average molecular weight is 453 g/mol. The molecule has 2 fully saturated rings. The lowest BCUT2D eigenvalue weighted by Crippen LogP contribution is -2.68. The fourth-order valence-electron chi connectivity index (χ4n) is 4.22. The highest BCUT2D eigenvalue weighted by atomic mass is 16.5. The molecule has 34 heavy (non-hydrogen) atoms. The monoisotopic (exact) mass is 453 g/mol. The predicted octanol–water partition coefficient (Wildman–Crippen LogP) is 1.37. The van der Waals surface area contributed by atoms with E-state index in [0.717, 1.165) is 12.8 Å². The van der Waals surface area contributed by atoms with Crippen molar-refractivity contribution in [3.63, 3.8) is 0 Å². The molecule has 8 nitrogen and oxygen atoms in total. The number of nitrogens with one attached hydrogen (secondary N) is 2. The number of rotatable bonds is 7. The molecule has 2 N–H and O–H groups in total. The number of carbonyl (C=O) groups excluding carboxylic acids is 1. The van der Waals surface area contributed by atoms with E-state index in [4.69, 9.17) is 20.4 Å².